The highest BCUT2D eigenvalue weighted by atomic mass is 16.4. The summed E-state index contributed by atoms with van der Waals surface area (Å²) in [4.78, 5) is 12.3. The molecule has 1 aliphatic rings. The predicted octanol–water partition coefficient (Wildman–Crippen LogP) is 2.72. The van der Waals surface area contributed by atoms with Crippen LogP contribution in [-0.2, 0) is 0 Å². The average molecular weight is 244 g/mol. The van der Waals surface area contributed by atoms with Crippen molar-refractivity contribution in [1.82, 2.24) is 4.90 Å². The molecule has 2 rings (SSSR count). The lowest BCUT2D eigenvalue weighted by molar-refractivity contribution is 0.132. The fourth-order valence-corrected chi connectivity index (χ4v) is 2.47. The number of likely N-dealkylation sites (tertiary alicyclic amines) is 1. The van der Waals surface area contributed by atoms with Crippen molar-refractivity contribution in [2.75, 3.05) is 13.1 Å². The maximum atomic E-state index is 10.8. The van der Waals surface area contributed by atoms with E-state index >= 15 is 0 Å². The molecule has 1 saturated heterocycles. The molecule has 4 heteroatoms. The Morgan fingerprint density at radius 1 is 1.44 bits per heavy atom. The van der Waals surface area contributed by atoms with E-state index in [2.05, 4.69) is 12.1 Å². The largest absolute Gasteiger partial charge is 0.465 e. The van der Waals surface area contributed by atoms with Gasteiger partial charge in [-0.3, -0.25) is 0 Å². The number of carboxylic acid groups (broad SMARTS) is 1. The van der Waals surface area contributed by atoms with Gasteiger partial charge in [-0.2, -0.15) is 5.26 Å². The van der Waals surface area contributed by atoms with Gasteiger partial charge < -0.3 is 10.0 Å². The zero-order valence-electron chi connectivity index (χ0n) is 10.4. The Kier molecular flexibility index (Phi) is 3.52. The summed E-state index contributed by atoms with van der Waals surface area (Å²) in [5.74, 6) is 0.409. The number of nitriles is 1. The van der Waals surface area contributed by atoms with E-state index in [1.807, 2.05) is 19.1 Å². The van der Waals surface area contributed by atoms with Crippen LogP contribution in [0.4, 0.5) is 4.79 Å². The van der Waals surface area contributed by atoms with Crippen LogP contribution in [0.2, 0.25) is 0 Å². The third-order valence-electron chi connectivity index (χ3n) is 3.61. The van der Waals surface area contributed by atoms with E-state index in [-0.39, 0.29) is 0 Å². The van der Waals surface area contributed by atoms with Crippen LogP contribution in [0.15, 0.2) is 18.2 Å². The minimum absolute atomic E-state index is 0.409. The van der Waals surface area contributed by atoms with Gasteiger partial charge in [0.25, 0.3) is 0 Å². The number of carbonyl (C=O) groups is 1. The second-order valence-corrected chi connectivity index (χ2v) is 4.73. The van der Waals surface area contributed by atoms with Crippen molar-refractivity contribution in [1.29, 1.82) is 5.26 Å². The Balaban J connectivity index is 2.08. The van der Waals surface area contributed by atoms with Crippen molar-refractivity contribution in [3.8, 4) is 6.07 Å². The second kappa shape index (κ2) is 5.09. The topological polar surface area (TPSA) is 64.3 Å². The zero-order chi connectivity index (χ0) is 13.1. The number of amides is 1. The molecular weight excluding hydrogens is 228 g/mol. The van der Waals surface area contributed by atoms with Crippen molar-refractivity contribution in [3.63, 3.8) is 0 Å². The molecule has 1 aliphatic heterocycles. The summed E-state index contributed by atoms with van der Waals surface area (Å²) >= 11 is 0. The van der Waals surface area contributed by atoms with E-state index in [4.69, 9.17) is 10.4 Å². The van der Waals surface area contributed by atoms with Crippen molar-refractivity contribution >= 4 is 6.09 Å². The first-order chi connectivity index (χ1) is 8.61. The minimum atomic E-state index is -0.829. The van der Waals surface area contributed by atoms with Gasteiger partial charge in [0.05, 0.1) is 11.6 Å². The normalized spacial score (nSPS) is 16.3. The molecule has 0 spiro atoms. The van der Waals surface area contributed by atoms with E-state index in [1.54, 1.807) is 0 Å². The number of aryl methyl sites for hydroxylation is 1. The summed E-state index contributed by atoms with van der Waals surface area (Å²) in [6, 6.07) is 8.06. The van der Waals surface area contributed by atoms with Gasteiger partial charge in [-0.05, 0) is 42.9 Å². The van der Waals surface area contributed by atoms with Crippen LogP contribution in [0.25, 0.3) is 0 Å². The average Bonchev–Trinajstić information content (AvgIpc) is 2.38. The van der Waals surface area contributed by atoms with Gasteiger partial charge in [0.2, 0.25) is 0 Å². The SMILES string of the molecule is Cc1cc(C2CCN(C(=O)O)CC2)ccc1C#N. The number of nitrogens with zero attached hydrogens (tertiary/aromatic N) is 2. The van der Waals surface area contributed by atoms with Gasteiger partial charge in [-0.1, -0.05) is 12.1 Å². The van der Waals surface area contributed by atoms with E-state index in [0.717, 1.165) is 18.4 Å². The highest BCUT2D eigenvalue weighted by Crippen LogP contribution is 2.29. The lowest BCUT2D eigenvalue weighted by Crippen LogP contribution is -2.36. The Morgan fingerprint density at radius 2 is 2.11 bits per heavy atom. The summed E-state index contributed by atoms with van der Waals surface area (Å²) in [5.41, 5.74) is 2.92. The zero-order valence-corrected chi connectivity index (χ0v) is 10.4. The first-order valence-electron chi connectivity index (χ1n) is 6.10. The summed E-state index contributed by atoms with van der Waals surface area (Å²) in [6.45, 7) is 3.13. The first-order valence-corrected chi connectivity index (χ1v) is 6.10. The summed E-state index contributed by atoms with van der Waals surface area (Å²) in [6.07, 6.45) is 0.888. The van der Waals surface area contributed by atoms with Crippen LogP contribution < -0.4 is 0 Å². The van der Waals surface area contributed by atoms with Gasteiger partial charge in [0, 0.05) is 13.1 Å². The van der Waals surface area contributed by atoms with Gasteiger partial charge in [-0.15, -0.1) is 0 Å². The van der Waals surface area contributed by atoms with Crippen LogP contribution in [0.5, 0.6) is 0 Å². The van der Waals surface area contributed by atoms with Gasteiger partial charge in [0.15, 0.2) is 0 Å². The molecule has 1 aromatic rings. The third kappa shape index (κ3) is 2.45. The Hall–Kier alpha value is -2.02. The predicted molar refractivity (Wildman–Crippen MR) is 67.5 cm³/mol. The second-order valence-electron chi connectivity index (χ2n) is 4.73. The molecule has 0 bridgehead atoms. The summed E-state index contributed by atoms with van der Waals surface area (Å²) in [7, 11) is 0. The third-order valence-corrected chi connectivity index (χ3v) is 3.61. The smallest absolute Gasteiger partial charge is 0.407 e. The quantitative estimate of drug-likeness (QED) is 0.826. The Labute approximate surface area is 106 Å². The fraction of sp³-hybridized carbons (Fsp3) is 0.429. The molecule has 1 heterocycles. The molecule has 0 unspecified atom stereocenters. The van der Waals surface area contributed by atoms with Crippen molar-refractivity contribution < 1.29 is 9.90 Å². The number of benzene rings is 1. The first kappa shape index (κ1) is 12.4. The molecule has 1 aromatic carbocycles. The number of rotatable bonds is 1. The molecule has 1 fully saturated rings. The molecule has 18 heavy (non-hydrogen) atoms. The van der Waals surface area contributed by atoms with Crippen LogP contribution >= 0.6 is 0 Å². The number of hydrogen-bond donors (Lipinski definition) is 1. The van der Waals surface area contributed by atoms with Crippen molar-refractivity contribution in [3.05, 3.63) is 34.9 Å². The Bertz CT molecular complexity index is 497. The fourth-order valence-electron chi connectivity index (χ4n) is 2.47. The summed E-state index contributed by atoms with van der Waals surface area (Å²) in [5, 5.41) is 17.8. The highest BCUT2D eigenvalue weighted by molar-refractivity contribution is 5.65. The molecule has 1 amide bonds. The minimum Gasteiger partial charge on any atom is -0.465 e. The maximum absolute atomic E-state index is 10.8. The van der Waals surface area contributed by atoms with Crippen molar-refractivity contribution in [2.24, 2.45) is 0 Å². The molecule has 0 radical (unpaired) electrons. The highest BCUT2D eigenvalue weighted by Gasteiger charge is 2.23. The van der Waals surface area contributed by atoms with Crippen LogP contribution in [0, 0.1) is 18.3 Å². The maximum Gasteiger partial charge on any atom is 0.407 e. The lowest BCUT2D eigenvalue weighted by atomic mass is 9.88. The van der Waals surface area contributed by atoms with Crippen LogP contribution in [0.1, 0.15) is 35.4 Å². The molecule has 0 saturated carbocycles. The molecule has 0 atom stereocenters. The standard InChI is InChI=1S/C14H16N2O2/c1-10-8-12(2-3-13(10)9-15)11-4-6-16(7-5-11)14(17)18/h2-3,8,11H,4-7H2,1H3,(H,17,18). The number of piperidine rings is 1. The molecule has 4 nitrogen and oxygen atoms in total. The van der Waals surface area contributed by atoms with E-state index in [0.29, 0.717) is 24.6 Å². The molecule has 0 aliphatic carbocycles. The van der Waals surface area contributed by atoms with Gasteiger partial charge in [0.1, 0.15) is 0 Å². The van der Waals surface area contributed by atoms with E-state index < -0.39 is 6.09 Å². The molecule has 94 valence electrons. The van der Waals surface area contributed by atoms with Crippen molar-refractivity contribution in [2.45, 2.75) is 25.7 Å². The van der Waals surface area contributed by atoms with E-state index in [1.165, 1.54) is 10.5 Å². The summed E-state index contributed by atoms with van der Waals surface area (Å²) < 4.78 is 0. The van der Waals surface area contributed by atoms with Crippen LogP contribution in [0.3, 0.4) is 0 Å². The molecular formula is C14H16N2O2. The monoisotopic (exact) mass is 244 g/mol. The van der Waals surface area contributed by atoms with E-state index in [9.17, 15) is 4.79 Å². The lowest BCUT2D eigenvalue weighted by Gasteiger charge is -2.30. The number of hydrogen-bond acceptors (Lipinski definition) is 2. The Morgan fingerprint density at radius 3 is 2.61 bits per heavy atom. The van der Waals surface area contributed by atoms with Gasteiger partial charge in [-0.25, -0.2) is 4.79 Å². The molecule has 0 aromatic heterocycles. The van der Waals surface area contributed by atoms with Gasteiger partial charge >= 0.3 is 6.09 Å². The molecule has 1 N–H and O–H groups in total. The van der Waals surface area contributed by atoms with Crippen LogP contribution in [-0.4, -0.2) is 29.2 Å².